The van der Waals surface area contributed by atoms with E-state index >= 15 is 0 Å². The number of anilines is 1. The Kier molecular flexibility index (Phi) is 8.82. The summed E-state index contributed by atoms with van der Waals surface area (Å²) < 4.78 is 5.34. The van der Waals surface area contributed by atoms with E-state index in [9.17, 15) is 0 Å². The number of nitrogens with one attached hydrogen (secondary N) is 1. The summed E-state index contributed by atoms with van der Waals surface area (Å²) in [4.78, 5) is 14.0. The Hall–Kier alpha value is -2.03. The summed E-state index contributed by atoms with van der Waals surface area (Å²) in [5.74, 6) is 2.94. The van der Waals surface area contributed by atoms with Crippen molar-refractivity contribution in [1.29, 1.82) is 0 Å². The Morgan fingerprint density at radius 1 is 1.18 bits per heavy atom. The van der Waals surface area contributed by atoms with Gasteiger partial charge >= 0.3 is 0 Å². The van der Waals surface area contributed by atoms with Gasteiger partial charge in [-0.1, -0.05) is 18.2 Å². The molecule has 1 aromatic carbocycles. The van der Waals surface area contributed by atoms with Crippen molar-refractivity contribution in [3.8, 4) is 5.75 Å². The number of aliphatic imine (C=N–C) groups is 1. The van der Waals surface area contributed by atoms with E-state index in [4.69, 9.17) is 9.73 Å². The molecule has 0 unspecified atom stereocenters. The van der Waals surface area contributed by atoms with Crippen LogP contribution in [0.1, 0.15) is 18.1 Å². The first kappa shape index (κ1) is 22.3. The average molecular weight is 495 g/mol. The highest BCUT2D eigenvalue weighted by Gasteiger charge is 2.20. The highest BCUT2D eigenvalue weighted by molar-refractivity contribution is 14.0. The van der Waals surface area contributed by atoms with Crippen LogP contribution in [0.15, 0.2) is 47.6 Å². The molecule has 2 aromatic rings. The van der Waals surface area contributed by atoms with Crippen LogP contribution in [0.4, 0.5) is 5.82 Å². The lowest BCUT2D eigenvalue weighted by Gasteiger charge is -2.37. The number of pyridine rings is 1. The molecule has 7 heteroatoms. The molecular weight excluding hydrogens is 465 g/mol. The molecule has 0 amide bonds. The minimum absolute atomic E-state index is 0. The second kappa shape index (κ2) is 11.1. The number of methoxy groups -OCH3 is 1. The van der Waals surface area contributed by atoms with Gasteiger partial charge in [-0.05, 0) is 43.2 Å². The van der Waals surface area contributed by atoms with Crippen molar-refractivity contribution in [2.45, 2.75) is 20.4 Å². The van der Waals surface area contributed by atoms with Gasteiger partial charge in [0, 0.05) is 38.9 Å². The van der Waals surface area contributed by atoms with Gasteiger partial charge < -0.3 is 19.9 Å². The third-order valence-corrected chi connectivity index (χ3v) is 4.76. The molecule has 1 N–H and O–H groups in total. The van der Waals surface area contributed by atoms with Gasteiger partial charge in [-0.15, -0.1) is 24.0 Å². The van der Waals surface area contributed by atoms with Crippen molar-refractivity contribution in [2.24, 2.45) is 4.99 Å². The molecule has 28 heavy (non-hydrogen) atoms. The fourth-order valence-electron chi connectivity index (χ4n) is 3.32. The SMILES string of the molecule is CCNC(=NCc1ccc(OC)c(C)c1)N1CCN(c2ccccn2)CC1.I. The largest absolute Gasteiger partial charge is 0.496 e. The first-order chi connectivity index (χ1) is 13.2. The van der Waals surface area contributed by atoms with Gasteiger partial charge in [0.15, 0.2) is 5.96 Å². The van der Waals surface area contributed by atoms with Gasteiger partial charge in [0.2, 0.25) is 0 Å². The molecule has 1 saturated heterocycles. The summed E-state index contributed by atoms with van der Waals surface area (Å²) >= 11 is 0. The maximum Gasteiger partial charge on any atom is 0.194 e. The highest BCUT2D eigenvalue weighted by atomic mass is 127. The lowest BCUT2D eigenvalue weighted by molar-refractivity contribution is 0.371. The van der Waals surface area contributed by atoms with Crippen LogP contribution in [0.2, 0.25) is 0 Å². The van der Waals surface area contributed by atoms with Crippen LogP contribution >= 0.6 is 24.0 Å². The number of benzene rings is 1. The molecule has 1 aliphatic rings. The molecule has 1 aliphatic heterocycles. The van der Waals surface area contributed by atoms with Gasteiger partial charge in [0.05, 0.1) is 13.7 Å². The lowest BCUT2D eigenvalue weighted by atomic mass is 10.1. The van der Waals surface area contributed by atoms with E-state index in [1.807, 2.05) is 24.4 Å². The summed E-state index contributed by atoms with van der Waals surface area (Å²) in [6, 6.07) is 12.3. The third-order valence-electron chi connectivity index (χ3n) is 4.76. The summed E-state index contributed by atoms with van der Waals surface area (Å²) in [5.41, 5.74) is 2.33. The zero-order valence-corrected chi connectivity index (χ0v) is 19.2. The maximum absolute atomic E-state index is 5.34. The van der Waals surface area contributed by atoms with Crippen LogP contribution in [0.25, 0.3) is 0 Å². The van der Waals surface area contributed by atoms with Crippen molar-refractivity contribution in [3.63, 3.8) is 0 Å². The number of nitrogens with zero attached hydrogens (tertiary/aromatic N) is 4. The predicted octanol–water partition coefficient (Wildman–Crippen LogP) is 3.30. The molecule has 0 saturated carbocycles. The number of ether oxygens (including phenoxy) is 1. The van der Waals surface area contributed by atoms with Crippen LogP contribution < -0.4 is 15.0 Å². The van der Waals surface area contributed by atoms with Crippen molar-refractivity contribution in [2.75, 3.05) is 44.7 Å². The normalized spacial score (nSPS) is 14.5. The van der Waals surface area contributed by atoms with E-state index in [0.717, 1.165) is 55.8 Å². The van der Waals surface area contributed by atoms with Crippen LogP contribution in [-0.4, -0.2) is 55.7 Å². The Bertz CT molecular complexity index is 761. The van der Waals surface area contributed by atoms with Crippen LogP contribution in [0, 0.1) is 6.92 Å². The van der Waals surface area contributed by atoms with Gasteiger partial charge in [-0.2, -0.15) is 0 Å². The Labute approximate surface area is 185 Å². The van der Waals surface area contributed by atoms with Crippen molar-refractivity contribution in [1.82, 2.24) is 15.2 Å². The van der Waals surface area contributed by atoms with Gasteiger partial charge in [-0.3, -0.25) is 0 Å². The van der Waals surface area contributed by atoms with E-state index in [2.05, 4.69) is 52.1 Å². The number of guanidine groups is 1. The standard InChI is InChI=1S/C21H29N5O.HI/c1-4-22-21(24-16-18-8-9-19(27-3)17(2)15-18)26-13-11-25(12-14-26)20-7-5-6-10-23-20;/h5-10,15H,4,11-14,16H2,1-3H3,(H,22,24);1H. The van der Waals surface area contributed by atoms with E-state index in [1.165, 1.54) is 5.56 Å². The van der Waals surface area contributed by atoms with E-state index < -0.39 is 0 Å². The third kappa shape index (κ3) is 5.73. The number of hydrogen-bond donors (Lipinski definition) is 1. The Balaban J connectivity index is 0.00000280. The molecule has 1 fully saturated rings. The highest BCUT2D eigenvalue weighted by Crippen LogP contribution is 2.19. The Morgan fingerprint density at radius 3 is 2.57 bits per heavy atom. The summed E-state index contributed by atoms with van der Waals surface area (Å²) in [6.07, 6.45) is 1.85. The second-order valence-corrected chi connectivity index (χ2v) is 6.64. The molecule has 2 heterocycles. The maximum atomic E-state index is 5.34. The van der Waals surface area contributed by atoms with Crippen LogP contribution in [0.3, 0.4) is 0 Å². The summed E-state index contributed by atoms with van der Waals surface area (Å²) in [7, 11) is 1.70. The molecule has 6 nitrogen and oxygen atoms in total. The van der Waals surface area contributed by atoms with Crippen molar-refractivity contribution < 1.29 is 4.74 Å². The average Bonchev–Trinajstić information content (AvgIpc) is 2.72. The minimum atomic E-state index is 0. The number of halogens is 1. The molecule has 0 atom stereocenters. The lowest BCUT2D eigenvalue weighted by Crippen LogP contribution is -2.52. The van der Waals surface area contributed by atoms with E-state index in [1.54, 1.807) is 7.11 Å². The number of rotatable bonds is 5. The smallest absolute Gasteiger partial charge is 0.194 e. The molecule has 0 bridgehead atoms. The predicted molar refractivity (Wildman–Crippen MR) is 126 cm³/mol. The number of piperazine rings is 1. The van der Waals surface area contributed by atoms with Crippen LogP contribution in [0.5, 0.6) is 5.75 Å². The zero-order valence-electron chi connectivity index (χ0n) is 16.9. The molecule has 3 rings (SSSR count). The molecular formula is C21H30IN5O. The van der Waals surface area contributed by atoms with Crippen molar-refractivity contribution >= 4 is 35.8 Å². The first-order valence-electron chi connectivity index (χ1n) is 9.54. The molecule has 0 radical (unpaired) electrons. The summed E-state index contributed by atoms with van der Waals surface area (Å²) in [5, 5.41) is 3.43. The molecule has 0 spiro atoms. The molecule has 1 aromatic heterocycles. The van der Waals surface area contributed by atoms with Crippen LogP contribution in [-0.2, 0) is 6.54 Å². The quantitative estimate of drug-likeness (QED) is 0.392. The number of hydrogen-bond acceptors (Lipinski definition) is 4. The van der Waals surface area contributed by atoms with E-state index in [0.29, 0.717) is 6.54 Å². The van der Waals surface area contributed by atoms with E-state index in [-0.39, 0.29) is 24.0 Å². The van der Waals surface area contributed by atoms with Gasteiger partial charge in [0.25, 0.3) is 0 Å². The van der Waals surface area contributed by atoms with Gasteiger partial charge in [-0.25, -0.2) is 9.98 Å². The van der Waals surface area contributed by atoms with Gasteiger partial charge in [0.1, 0.15) is 11.6 Å². The zero-order chi connectivity index (χ0) is 19.1. The topological polar surface area (TPSA) is 53.0 Å². The fraction of sp³-hybridized carbons (Fsp3) is 0.429. The number of aromatic nitrogens is 1. The molecule has 0 aliphatic carbocycles. The minimum Gasteiger partial charge on any atom is -0.496 e. The first-order valence-corrected chi connectivity index (χ1v) is 9.54. The molecule has 152 valence electrons. The fourth-order valence-corrected chi connectivity index (χ4v) is 3.32. The summed E-state index contributed by atoms with van der Waals surface area (Å²) in [6.45, 7) is 9.46. The second-order valence-electron chi connectivity index (χ2n) is 6.64. The van der Waals surface area contributed by atoms with Crippen molar-refractivity contribution in [3.05, 3.63) is 53.7 Å². The number of aryl methyl sites for hydroxylation is 1. The Morgan fingerprint density at radius 2 is 1.96 bits per heavy atom. The monoisotopic (exact) mass is 495 g/mol.